The summed E-state index contributed by atoms with van der Waals surface area (Å²) in [5.74, 6) is 0.0950. The van der Waals surface area contributed by atoms with Crippen LogP contribution in [0.15, 0.2) is 48.7 Å². The van der Waals surface area contributed by atoms with Gasteiger partial charge in [-0.3, -0.25) is 4.79 Å². The zero-order chi connectivity index (χ0) is 19.8. The van der Waals surface area contributed by atoms with Gasteiger partial charge in [-0.15, -0.1) is 5.10 Å². The molecule has 0 aliphatic carbocycles. The van der Waals surface area contributed by atoms with Crippen molar-refractivity contribution in [3.05, 3.63) is 70.5 Å². The van der Waals surface area contributed by atoms with Gasteiger partial charge in [-0.2, -0.15) is 10.4 Å². The lowest BCUT2D eigenvalue weighted by Gasteiger charge is -2.10. The average molecular weight is 392 g/mol. The van der Waals surface area contributed by atoms with Gasteiger partial charge in [-0.25, -0.2) is 9.20 Å². The molecule has 0 saturated carbocycles. The van der Waals surface area contributed by atoms with E-state index < -0.39 is 5.91 Å². The zero-order valence-corrected chi connectivity index (χ0v) is 15.5. The van der Waals surface area contributed by atoms with Gasteiger partial charge in [-0.1, -0.05) is 17.7 Å². The molecule has 1 amide bonds. The van der Waals surface area contributed by atoms with Gasteiger partial charge in [-0.05, 0) is 37.3 Å². The molecule has 9 heteroatoms. The van der Waals surface area contributed by atoms with E-state index in [1.807, 2.05) is 0 Å². The van der Waals surface area contributed by atoms with Gasteiger partial charge in [0.2, 0.25) is 0 Å². The highest BCUT2D eigenvalue weighted by atomic mass is 35.5. The van der Waals surface area contributed by atoms with Crippen molar-refractivity contribution >= 4 is 34.7 Å². The highest BCUT2D eigenvalue weighted by Gasteiger charge is 2.20. The number of nitrogens with one attached hydrogen (secondary N) is 1. The van der Waals surface area contributed by atoms with Crippen molar-refractivity contribution in [2.45, 2.75) is 6.92 Å². The SMILES string of the molecule is Cc1cc(NC(=O)c2c(N)nn3ccccc23)n(-c2cc(C#N)ccc2Cl)n1. The van der Waals surface area contributed by atoms with Crippen molar-refractivity contribution in [3.63, 3.8) is 0 Å². The van der Waals surface area contributed by atoms with E-state index in [0.29, 0.717) is 33.3 Å². The minimum absolute atomic E-state index is 0.121. The first kappa shape index (κ1) is 17.6. The molecule has 0 aliphatic heterocycles. The predicted molar refractivity (Wildman–Crippen MR) is 106 cm³/mol. The normalized spacial score (nSPS) is 10.8. The van der Waals surface area contributed by atoms with Crippen LogP contribution in [0.2, 0.25) is 5.02 Å². The molecule has 8 nitrogen and oxygen atoms in total. The van der Waals surface area contributed by atoms with E-state index in [4.69, 9.17) is 22.6 Å². The monoisotopic (exact) mass is 391 g/mol. The second-order valence-electron chi connectivity index (χ2n) is 6.11. The number of fused-ring (bicyclic) bond motifs is 1. The van der Waals surface area contributed by atoms with Gasteiger partial charge < -0.3 is 11.1 Å². The minimum Gasteiger partial charge on any atom is -0.382 e. The van der Waals surface area contributed by atoms with E-state index in [9.17, 15) is 4.79 Å². The number of pyridine rings is 1. The Hall–Kier alpha value is -3.83. The Morgan fingerprint density at radius 1 is 1.25 bits per heavy atom. The molecule has 3 N–H and O–H groups in total. The van der Waals surface area contributed by atoms with Crippen molar-refractivity contribution in [1.82, 2.24) is 19.4 Å². The fraction of sp³-hybridized carbons (Fsp3) is 0.0526. The fourth-order valence-corrected chi connectivity index (χ4v) is 3.14. The van der Waals surface area contributed by atoms with Crippen LogP contribution in [0, 0.1) is 18.3 Å². The van der Waals surface area contributed by atoms with Gasteiger partial charge >= 0.3 is 0 Å². The summed E-state index contributed by atoms with van der Waals surface area (Å²) in [5, 5.41) is 20.9. The van der Waals surface area contributed by atoms with Gasteiger partial charge in [0, 0.05) is 12.3 Å². The topological polar surface area (TPSA) is 114 Å². The highest BCUT2D eigenvalue weighted by Crippen LogP contribution is 2.26. The molecule has 0 unspecified atom stereocenters. The fourth-order valence-electron chi connectivity index (χ4n) is 2.95. The lowest BCUT2D eigenvalue weighted by Crippen LogP contribution is -2.16. The Morgan fingerprint density at radius 3 is 2.86 bits per heavy atom. The van der Waals surface area contributed by atoms with Crippen molar-refractivity contribution in [1.29, 1.82) is 5.26 Å². The molecule has 0 radical (unpaired) electrons. The molecule has 28 heavy (non-hydrogen) atoms. The zero-order valence-electron chi connectivity index (χ0n) is 14.7. The summed E-state index contributed by atoms with van der Waals surface area (Å²) in [7, 11) is 0. The molecule has 0 aliphatic rings. The number of halogens is 1. The number of hydrogen-bond acceptors (Lipinski definition) is 5. The van der Waals surface area contributed by atoms with E-state index in [1.165, 1.54) is 4.68 Å². The van der Waals surface area contributed by atoms with Crippen molar-refractivity contribution in [2.75, 3.05) is 11.1 Å². The van der Waals surface area contributed by atoms with Crippen LogP contribution >= 0.6 is 11.6 Å². The number of nitriles is 1. The number of rotatable bonds is 3. The summed E-state index contributed by atoms with van der Waals surface area (Å²) < 4.78 is 3.03. The van der Waals surface area contributed by atoms with Crippen LogP contribution in [-0.2, 0) is 0 Å². The second kappa shape index (κ2) is 6.72. The summed E-state index contributed by atoms with van der Waals surface area (Å²) in [6.45, 7) is 1.79. The maximum atomic E-state index is 12.9. The second-order valence-corrected chi connectivity index (χ2v) is 6.51. The number of amides is 1. The number of anilines is 2. The number of nitrogens with two attached hydrogens (primary N) is 1. The van der Waals surface area contributed by atoms with Crippen LogP contribution < -0.4 is 11.1 Å². The standard InChI is InChI=1S/C19H14ClN7O/c1-11-8-16(27(24-11)15-9-12(10-21)5-6-13(15)20)23-19(28)17-14-4-2-3-7-26(14)25-18(17)22/h2-9H,1H3,(H2,22,25)(H,23,28). The van der Waals surface area contributed by atoms with E-state index in [-0.39, 0.29) is 11.4 Å². The van der Waals surface area contributed by atoms with E-state index in [2.05, 4.69) is 21.6 Å². The Labute approximate surface area is 164 Å². The van der Waals surface area contributed by atoms with Gasteiger partial charge in [0.15, 0.2) is 5.82 Å². The molecule has 0 atom stereocenters. The molecule has 4 rings (SSSR count). The predicted octanol–water partition coefficient (Wildman–Crippen LogP) is 3.19. The lowest BCUT2D eigenvalue weighted by atomic mass is 10.2. The van der Waals surface area contributed by atoms with E-state index in [1.54, 1.807) is 60.1 Å². The summed E-state index contributed by atoms with van der Waals surface area (Å²) in [6.07, 6.45) is 1.71. The van der Waals surface area contributed by atoms with Gasteiger partial charge in [0.1, 0.15) is 11.4 Å². The van der Waals surface area contributed by atoms with Crippen molar-refractivity contribution < 1.29 is 4.79 Å². The molecule has 4 aromatic rings. The third-order valence-electron chi connectivity index (χ3n) is 4.17. The number of carbonyl (C=O) groups is 1. The third kappa shape index (κ3) is 2.94. The molecule has 0 fully saturated rings. The first-order chi connectivity index (χ1) is 13.5. The molecule has 3 aromatic heterocycles. The van der Waals surface area contributed by atoms with Crippen LogP contribution in [0.4, 0.5) is 11.6 Å². The Balaban J connectivity index is 1.77. The average Bonchev–Trinajstić information content (AvgIpc) is 3.20. The van der Waals surface area contributed by atoms with Crippen LogP contribution in [0.1, 0.15) is 21.6 Å². The van der Waals surface area contributed by atoms with E-state index >= 15 is 0 Å². The Kier molecular flexibility index (Phi) is 4.22. The summed E-state index contributed by atoms with van der Waals surface area (Å²) in [5.41, 5.74) is 8.39. The Morgan fingerprint density at radius 2 is 2.07 bits per heavy atom. The van der Waals surface area contributed by atoms with Crippen molar-refractivity contribution in [3.8, 4) is 11.8 Å². The number of benzene rings is 1. The summed E-state index contributed by atoms with van der Waals surface area (Å²) in [6, 6.07) is 14.0. The van der Waals surface area contributed by atoms with E-state index in [0.717, 1.165) is 0 Å². The van der Waals surface area contributed by atoms with Crippen molar-refractivity contribution in [2.24, 2.45) is 0 Å². The maximum Gasteiger partial charge on any atom is 0.262 e. The number of aromatic nitrogens is 4. The third-order valence-corrected chi connectivity index (χ3v) is 4.49. The molecule has 138 valence electrons. The number of hydrogen-bond donors (Lipinski definition) is 2. The van der Waals surface area contributed by atoms with Gasteiger partial charge in [0.25, 0.3) is 5.91 Å². The van der Waals surface area contributed by atoms with Crippen LogP contribution in [0.3, 0.4) is 0 Å². The lowest BCUT2D eigenvalue weighted by molar-refractivity contribution is 0.102. The quantitative estimate of drug-likeness (QED) is 0.556. The highest BCUT2D eigenvalue weighted by molar-refractivity contribution is 6.32. The Bertz CT molecular complexity index is 1270. The molecular formula is C19H14ClN7O. The number of carbonyl (C=O) groups excluding carboxylic acids is 1. The van der Waals surface area contributed by atoms with Crippen LogP contribution in [0.25, 0.3) is 11.2 Å². The van der Waals surface area contributed by atoms with Crippen LogP contribution in [0.5, 0.6) is 0 Å². The molecular weight excluding hydrogens is 378 g/mol. The smallest absolute Gasteiger partial charge is 0.262 e. The number of nitrogens with zero attached hydrogens (tertiary/aromatic N) is 5. The number of nitrogen functional groups attached to an aromatic ring is 1. The molecule has 3 heterocycles. The summed E-state index contributed by atoms with van der Waals surface area (Å²) >= 11 is 6.29. The summed E-state index contributed by atoms with van der Waals surface area (Å²) in [4.78, 5) is 12.9. The first-order valence-electron chi connectivity index (χ1n) is 8.29. The van der Waals surface area contributed by atoms with Crippen LogP contribution in [-0.4, -0.2) is 25.3 Å². The molecule has 1 aromatic carbocycles. The number of aryl methyl sites for hydroxylation is 1. The first-order valence-corrected chi connectivity index (χ1v) is 8.66. The molecule has 0 spiro atoms. The minimum atomic E-state index is -0.424. The van der Waals surface area contributed by atoms with Gasteiger partial charge in [0.05, 0.1) is 33.6 Å². The largest absolute Gasteiger partial charge is 0.382 e. The molecule has 0 bridgehead atoms. The molecule has 0 saturated heterocycles. The maximum absolute atomic E-state index is 12.9.